The molecule has 0 radical (unpaired) electrons. The van der Waals surface area contributed by atoms with Crippen molar-refractivity contribution in [2.45, 2.75) is 6.92 Å². The van der Waals surface area contributed by atoms with Crippen LogP contribution in [0.2, 0.25) is 10.0 Å². The number of pyridine rings is 1. The lowest BCUT2D eigenvalue weighted by atomic mass is 10.0. The van der Waals surface area contributed by atoms with Crippen LogP contribution in [0, 0.1) is 12.7 Å². The van der Waals surface area contributed by atoms with E-state index in [0.29, 0.717) is 16.8 Å². The first-order valence-corrected chi connectivity index (χ1v) is 10.2. The molecule has 0 aliphatic heterocycles. The summed E-state index contributed by atoms with van der Waals surface area (Å²) in [5, 5.41) is 5.05. The second-order valence-corrected chi connectivity index (χ2v) is 7.95. The van der Waals surface area contributed by atoms with E-state index in [-0.39, 0.29) is 21.2 Å². The summed E-state index contributed by atoms with van der Waals surface area (Å²) in [7, 11) is 0. The summed E-state index contributed by atoms with van der Waals surface area (Å²) in [5.74, 6) is -0.0263. The summed E-state index contributed by atoms with van der Waals surface area (Å²) < 4.78 is 20.2. The van der Waals surface area contributed by atoms with Crippen molar-refractivity contribution in [3.8, 4) is 28.3 Å². The zero-order chi connectivity index (χ0) is 22.4. The van der Waals surface area contributed by atoms with Crippen LogP contribution >= 0.6 is 23.2 Å². The highest BCUT2D eigenvalue weighted by molar-refractivity contribution is 6.37. The average molecular weight is 467 g/mol. The highest BCUT2D eigenvalue weighted by Gasteiger charge is 2.19. The molecule has 2 aromatic carbocycles. The number of nitrogens with zero attached hydrogens (tertiary/aromatic N) is 4. The Labute approximate surface area is 190 Å². The van der Waals surface area contributed by atoms with Gasteiger partial charge in [0.2, 0.25) is 0 Å². The van der Waals surface area contributed by atoms with Gasteiger partial charge in [0.05, 0.1) is 16.2 Å². The van der Waals surface area contributed by atoms with Crippen LogP contribution in [-0.2, 0) is 0 Å². The van der Waals surface area contributed by atoms with Gasteiger partial charge in [0.15, 0.2) is 12.2 Å². The number of halogens is 3. The third-order valence-corrected chi connectivity index (χ3v) is 5.50. The minimum Gasteiger partial charge on any atom is -0.444 e. The number of hydrogen-bond acceptors (Lipinski definition) is 5. The fourth-order valence-corrected chi connectivity index (χ4v) is 4.21. The standard InChI is InChI=1S/C23H13Cl2FN4O2/c1-12-5-13(19-10-27-11-32-19)7-14(6-12)20-16-3-2-4-28-21(16)23(31)30(29-20)22-17(24)8-15(26)9-18(22)25/h2-11H,1H3. The lowest BCUT2D eigenvalue weighted by molar-refractivity contribution is 0.572. The second-order valence-electron chi connectivity index (χ2n) is 7.14. The van der Waals surface area contributed by atoms with Gasteiger partial charge in [-0.05, 0) is 55.0 Å². The van der Waals surface area contributed by atoms with E-state index in [2.05, 4.69) is 15.1 Å². The van der Waals surface area contributed by atoms with Crippen molar-refractivity contribution in [2.75, 3.05) is 0 Å². The van der Waals surface area contributed by atoms with Crippen LogP contribution in [0.5, 0.6) is 0 Å². The summed E-state index contributed by atoms with van der Waals surface area (Å²) in [6, 6.07) is 11.4. The number of aryl methyl sites for hydroxylation is 1. The maximum Gasteiger partial charge on any atom is 0.298 e. The molecule has 0 fully saturated rings. The van der Waals surface area contributed by atoms with E-state index in [1.807, 2.05) is 25.1 Å². The monoisotopic (exact) mass is 466 g/mol. The molecule has 0 aliphatic rings. The number of hydrogen-bond donors (Lipinski definition) is 0. The third kappa shape index (κ3) is 3.45. The van der Waals surface area contributed by atoms with Crippen LogP contribution < -0.4 is 5.56 Å². The highest BCUT2D eigenvalue weighted by Crippen LogP contribution is 2.33. The summed E-state index contributed by atoms with van der Waals surface area (Å²) in [4.78, 5) is 21.5. The quantitative estimate of drug-likeness (QED) is 0.333. The van der Waals surface area contributed by atoms with Gasteiger partial charge in [-0.3, -0.25) is 9.78 Å². The van der Waals surface area contributed by atoms with Crippen molar-refractivity contribution >= 4 is 34.1 Å². The van der Waals surface area contributed by atoms with Crippen molar-refractivity contribution in [1.82, 2.24) is 19.7 Å². The molecule has 9 heteroatoms. The van der Waals surface area contributed by atoms with E-state index in [0.717, 1.165) is 33.5 Å². The minimum absolute atomic E-state index is 0.0441. The Morgan fingerprint density at radius 3 is 2.53 bits per heavy atom. The summed E-state index contributed by atoms with van der Waals surface area (Å²) in [5.41, 5.74) is 2.68. The lowest BCUT2D eigenvalue weighted by Gasteiger charge is -2.14. The zero-order valence-corrected chi connectivity index (χ0v) is 18.0. The van der Waals surface area contributed by atoms with Crippen molar-refractivity contribution in [3.63, 3.8) is 0 Å². The molecule has 0 saturated heterocycles. The van der Waals surface area contributed by atoms with E-state index in [1.54, 1.807) is 18.3 Å². The predicted molar refractivity (Wildman–Crippen MR) is 121 cm³/mol. The van der Waals surface area contributed by atoms with Crippen molar-refractivity contribution in [2.24, 2.45) is 0 Å². The number of fused-ring (bicyclic) bond motifs is 1. The number of benzene rings is 2. The Bertz CT molecular complexity index is 1530. The first-order valence-electron chi connectivity index (χ1n) is 9.46. The fraction of sp³-hybridized carbons (Fsp3) is 0.0435. The number of rotatable bonds is 3. The molecule has 6 nitrogen and oxygen atoms in total. The van der Waals surface area contributed by atoms with Gasteiger partial charge in [-0.2, -0.15) is 9.78 Å². The average Bonchev–Trinajstić information content (AvgIpc) is 3.29. The van der Waals surface area contributed by atoms with Crippen LogP contribution in [-0.4, -0.2) is 19.7 Å². The normalized spacial score (nSPS) is 11.2. The van der Waals surface area contributed by atoms with Crippen molar-refractivity contribution in [3.05, 3.63) is 93.0 Å². The highest BCUT2D eigenvalue weighted by atomic mass is 35.5. The second kappa shape index (κ2) is 7.85. The Morgan fingerprint density at radius 2 is 1.81 bits per heavy atom. The van der Waals surface area contributed by atoms with Gasteiger partial charge in [0.25, 0.3) is 5.56 Å². The molecule has 3 heterocycles. The summed E-state index contributed by atoms with van der Waals surface area (Å²) in [6.07, 6.45) is 4.49. The van der Waals surface area contributed by atoms with Gasteiger partial charge < -0.3 is 4.42 Å². The topological polar surface area (TPSA) is 73.8 Å². The van der Waals surface area contributed by atoms with Gasteiger partial charge >= 0.3 is 0 Å². The van der Waals surface area contributed by atoms with Crippen molar-refractivity contribution < 1.29 is 8.81 Å². The Kier molecular flexibility index (Phi) is 5.00. The molecule has 0 spiro atoms. The maximum absolute atomic E-state index is 13.7. The van der Waals surface area contributed by atoms with E-state index in [4.69, 9.17) is 27.6 Å². The molecule has 0 atom stereocenters. The molecule has 5 rings (SSSR count). The smallest absolute Gasteiger partial charge is 0.298 e. The van der Waals surface area contributed by atoms with E-state index in [9.17, 15) is 9.18 Å². The molecule has 0 aliphatic carbocycles. The molecular formula is C23H13Cl2FN4O2. The minimum atomic E-state index is -0.619. The molecule has 0 saturated carbocycles. The lowest BCUT2D eigenvalue weighted by Crippen LogP contribution is -2.23. The summed E-state index contributed by atoms with van der Waals surface area (Å²) >= 11 is 12.5. The molecule has 32 heavy (non-hydrogen) atoms. The summed E-state index contributed by atoms with van der Waals surface area (Å²) in [6.45, 7) is 1.94. The first-order chi connectivity index (χ1) is 15.4. The maximum atomic E-state index is 13.7. The molecule has 0 N–H and O–H groups in total. The number of aromatic nitrogens is 4. The Balaban J connectivity index is 1.85. The van der Waals surface area contributed by atoms with E-state index in [1.165, 1.54) is 12.6 Å². The number of oxazole rings is 1. The molecule has 0 amide bonds. The first kappa shape index (κ1) is 20.4. The Morgan fingerprint density at radius 1 is 1.06 bits per heavy atom. The third-order valence-electron chi connectivity index (χ3n) is 4.92. The van der Waals surface area contributed by atoms with Crippen molar-refractivity contribution in [1.29, 1.82) is 0 Å². The van der Waals surface area contributed by atoms with Crippen LogP contribution in [0.25, 0.3) is 39.2 Å². The van der Waals surface area contributed by atoms with Gasteiger partial charge in [0.1, 0.15) is 22.7 Å². The van der Waals surface area contributed by atoms with Crippen LogP contribution in [0.4, 0.5) is 4.39 Å². The molecule has 3 aromatic heterocycles. The molecular weight excluding hydrogens is 454 g/mol. The molecule has 5 aromatic rings. The predicted octanol–water partition coefficient (Wildman–Crippen LogP) is 5.86. The van der Waals surface area contributed by atoms with E-state index < -0.39 is 11.4 Å². The SMILES string of the molecule is Cc1cc(-c2cnco2)cc(-c2nn(-c3c(Cl)cc(F)cc3Cl)c(=O)c3ncccc23)c1. The molecule has 0 unspecified atom stereocenters. The largest absolute Gasteiger partial charge is 0.444 e. The Hall–Kier alpha value is -3.55. The van der Waals surface area contributed by atoms with E-state index >= 15 is 0 Å². The molecule has 0 bridgehead atoms. The van der Waals surface area contributed by atoms with Gasteiger partial charge in [-0.25, -0.2) is 9.37 Å². The fourth-order valence-electron chi connectivity index (χ4n) is 3.59. The van der Waals surface area contributed by atoms with Gasteiger partial charge in [-0.15, -0.1) is 0 Å². The van der Waals surface area contributed by atoms with Crippen LogP contribution in [0.1, 0.15) is 5.56 Å². The zero-order valence-electron chi connectivity index (χ0n) is 16.5. The van der Waals surface area contributed by atoms with Crippen LogP contribution in [0.3, 0.4) is 0 Å². The van der Waals surface area contributed by atoms with Gasteiger partial charge in [0, 0.05) is 22.7 Å². The van der Waals surface area contributed by atoms with Gasteiger partial charge in [-0.1, -0.05) is 23.2 Å². The molecule has 158 valence electrons. The van der Waals surface area contributed by atoms with Crippen LogP contribution in [0.15, 0.2) is 70.5 Å².